The average molecular weight is 517 g/mol. The molecule has 0 spiro atoms. The Morgan fingerprint density at radius 1 is 1.00 bits per heavy atom. The van der Waals surface area contributed by atoms with E-state index in [9.17, 15) is 18.8 Å². The van der Waals surface area contributed by atoms with Crippen LogP contribution in [0.25, 0.3) is 11.8 Å². The second-order valence-electron chi connectivity index (χ2n) is 7.19. The molecule has 1 N–H and O–H groups in total. The molecule has 4 rings (SSSR count). The lowest BCUT2D eigenvalue weighted by Crippen LogP contribution is -2.54. The molecule has 3 aromatic rings. The molecule has 1 aliphatic rings. The van der Waals surface area contributed by atoms with Gasteiger partial charge in [-0.25, -0.2) is 14.1 Å². The summed E-state index contributed by atoms with van der Waals surface area (Å²) in [5, 5.41) is 2.20. The van der Waals surface area contributed by atoms with Crippen LogP contribution in [0, 0.1) is 19.7 Å². The number of imide groups is 2. The number of aromatic nitrogens is 1. The molecule has 0 aliphatic carbocycles. The van der Waals surface area contributed by atoms with Gasteiger partial charge in [-0.3, -0.25) is 14.9 Å². The third-order valence-corrected chi connectivity index (χ3v) is 5.94. The topological polar surface area (TPSA) is 71.4 Å². The van der Waals surface area contributed by atoms with E-state index in [2.05, 4.69) is 21.2 Å². The Morgan fingerprint density at radius 2 is 1.66 bits per heavy atom. The molecule has 1 aromatic heterocycles. The first-order chi connectivity index (χ1) is 15.2. The zero-order valence-corrected chi connectivity index (χ0v) is 19.3. The highest BCUT2D eigenvalue weighted by molar-refractivity contribution is 9.10. The number of hydrogen-bond acceptors (Lipinski definition) is 3. The van der Waals surface area contributed by atoms with Crippen LogP contribution in [0.1, 0.15) is 17.0 Å². The van der Waals surface area contributed by atoms with E-state index in [4.69, 9.17) is 11.6 Å². The number of benzene rings is 2. The highest BCUT2D eigenvalue weighted by atomic mass is 79.9. The van der Waals surface area contributed by atoms with Gasteiger partial charge in [0.1, 0.15) is 11.4 Å². The number of aryl methyl sites for hydroxylation is 1. The zero-order valence-electron chi connectivity index (χ0n) is 16.9. The summed E-state index contributed by atoms with van der Waals surface area (Å²) in [6.45, 7) is 3.65. The minimum Gasteiger partial charge on any atom is -0.318 e. The number of halogens is 3. The van der Waals surface area contributed by atoms with Crippen LogP contribution in [0.4, 0.5) is 14.9 Å². The SMILES string of the molecule is Cc1cc(/C=C2\C(=O)NC(=O)N(c3ccc(Br)cc3)C2=O)c(C)n1-c1ccc(F)c(Cl)c1. The summed E-state index contributed by atoms with van der Waals surface area (Å²) < 4.78 is 16.2. The number of carbonyl (C=O) groups is 3. The first kappa shape index (κ1) is 22.0. The molecule has 162 valence electrons. The molecule has 32 heavy (non-hydrogen) atoms. The molecule has 6 nitrogen and oxygen atoms in total. The van der Waals surface area contributed by atoms with E-state index in [1.54, 1.807) is 43.3 Å². The van der Waals surface area contributed by atoms with Gasteiger partial charge < -0.3 is 4.57 Å². The average Bonchev–Trinajstić information content (AvgIpc) is 3.01. The number of barbiturate groups is 1. The van der Waals surface area contributed by atoms with Gasteiger partial charge >= 0.3 is 6.03 Å². The van der Waals surface area contributed by atoms with Crippen LogP contribution in [-0.2, 0) is 9.59 Å². The van der Waals surface area contributed by atoms with Crippen LogP contribution in [0.2, 0.25) is 5.02 Å². The van der Waals surface area contributed by atoms with E-state index in [-0.39, 0.29) is 10.6 Å². The van der Waals surface area contributed by atoms with E-state index in [0.29, 0.717) is 22.6 Å². The highest BCUT2D eigenvalue weighted by Gasteiger charge is 2.37. The van der Waals surface area contributed by atoms with Crippen molar-refractivity contribution in [2.24, 2.45) is 0 Å². The predicted octanol–water partition coefficient (Wildman–Crippen LogP) is 5.32. The predicted molar refractivity (Wildman–Crippen MR) is 123 cm³/mol. The van der Waals surface area contributed by atoms with Gasteiger partial charge in [0.05, 0.1) is 10.7 Å². The van der Waals surface area contributed by atoms with Crippen molar-refractivity contribution in [2.75, 3.05) is 4.90 Å². The maximum Gasteiger partial charge on any atom is 0.335 e. The number of nitrogens with one attached hydrogen (secondary N) is 1. The number of anilines is 1. The molecular weight excluding hydrogens is 501 g/mol. The van der Waals surface area contributed by atoms with E-state index in [1.807, 2.05) is 11.5 Å². The van der Waals surface area contributed by atoms with Crippen LogP contribution >= 0.6 is 27.5 Å². The second-order valence-corrected chi connectivity index (χ2v) is 8.52. The Morgan fingerprint density at radius 3 is 2.31 bits per heavy atom. The Bertz CT molecular complexity index is 1310. The van der Waals surface area contributed by atoms with Gasteiger partial charge in [-0.2, -0.15) is 0 Å². The number of nitrogens with zero attached hydrogens (tertiary/aromatic N) is 2. The van der Waals surface area contributed by atoms with Crippen molar-refractivity contribution in [1.29, 1.82) is 0 Å². The fourth-order valence-corrected chi connectivity index (χ4v) is 4.03. The van der Waals surface area contributed by atoms with E-state index in [0.717, 1.165) is 15.1 Å². The van der Waals surface area contributed by atoms with E-state index in [1.165, 1.54) is 18.2 Å². The van der Waals surface area contributed by atoms with Gasteiger partial charge in [0.2, 0.25) is 0 Å². The Hall–Kier alpha value is -3.23. The van der Waals surface area contributed by atoms with Crippen molar-refractivity contribution < 1.29 is 18.8 Å². The van der Waals surface area contributed by atoms with Crippen LogP contribution in [0.15, 0.2) is 58.6 Å². The maximum absolute atomic E-state index is 13.6. The first-order valence-electron chi connectivity index (χ1n) is 9.49. The highest BCUT2D eigenvalue weighted by Crippen LogP contribution is 2.28. The Kier molecular flexibility index (Phi) is 5.75. The number of hydrogen-bond donors (Lipinski definition) is 1. The second kappa shape index (κ2) is 8.37. The van der Waals surface area contributed by atoms with Gasteiger partial charge in [0.15, 0.2) is 0 Å². The molecule has 1 aliphatic heterocycles. The molecule has 0 radical (unpaired) electrons. The number of amides is 4. The van der Waals surface area contributed by atoms with E-state index >= 15 is 0 Å². The minimum absolute atomic E-state index is 0.0135. The molecule has 9 heteroatoms. The smallest absolute Gasteiger partial charge is 0.318 e. The largest absolute Gasteiger partial charge is 0.335 e. The van der Waals surface area contributed by atoms with Gasteiger partial charge in [0, 0.05) is 21.5 Å². The molecule has 2 aromatic carbocycles. The van der Waals surface area contributed by atoms with Crippen LogP contribution in [0.5, 0.6) is 0 Å². The van der Waals surface area contributed by atoms with Gasteiger partial charge in [-0.1, -0.05) is 27.5 Å². The van der Waals surface area contributed by atoms with Gasteiger partial charge in [-0.05, 0) is 74.0 Å². The molecule has 4 amide bonds. The van der Waals surface area contributed by atoms with Crippen molar-refractivity contribution in [1.82, 2.24) is 9.88 Å². The molecule has 0 bridgehead atoms. The fourth-order valence-electron chi connectivity index (χ4n) is 3.59. The van der Waals surface area contributed by atoms with Crippen molar-refractivity contribution >= 4 is 57.1 Å². The van der Waals surface area contributed by atoms with E-state index < -0.39 is 23.7 Å². The van der Waals surface area contributed by atoms with Crippen LogP contribution in [-0.4, -0.2) is 22.4 Å². The van der Waals surface area contributed by atoms with Crippen LogP contribution in [0.3, 0.4) is 0 Å². The molecular formula is C23H16BrClFN3O3. The van der Waals surface area contributed by atoms with Gasteiger partial charge in [-0.15, -0.1) is 0 Å². The summed E-state index contributed by atoms with van der Waals surface area (Å²) in [6, 6.07) is 11.9. The van der Waals surface area contributed by atoms with Crippen molar-refractivity contribution in [2.45, 2.75) is 13.8 Å². The lowest BCUT2D eigenvalue weighted by atomic mass is 10.1. The quantitative estimate of drug-likeness (QED) is 0.379. The Balaban J connectivity index is 1.76. The van der Waals surface area contributed by atoms with Crippen molar-refractivity contribution in [3.63, 3.8) is 0 Å². The van der Waals surface area contributed by atoms with Crippen molar-refractivity contribution in [3.05, 3.63) is 86.4 Å². The third-order valence-electron chi connectivity index (χ3n) is 5.12. The number of carbonyl (C=O) groups excluding carboxylic acids is 3. The first-order valence-corrected chi connectivity index (χ1v) is 10.7. The summed E-state index contributed by atoms with van der Waals surface area (Å²) in [4.78, 5) is 38.8. The number of rotatable bonds is 3. The van der Waals surface area contributed by atoms with Gasteiger partial charge in [0.25, 0.3) is 11.8 Å². The summed E-state index contributed by atoms with van der Waals surface area (Å²) >= 11 is 9.24. The van der Waals surface area contributed by atoms with Crippen molar-refractivity contribution in [3.8, 4) is 5.69 Å². The summed E-state index contributed by atoms with van der Waals surface area (Å²) in [7, 11) is 0. The molecule has 0 saturated carbocycles. The summed E-state index contributed by atoms with van der Waals surface area (Å²) in [5.41, 5.74) is 2.91. The number of urea groups is 1. The maximum atomic E-state index is 13.6. The summed E-state index contributed by atoms with van der Waals surface area (Å²) in [5.74, 6) is -2.03. The lowest BCUT2D eigenvalue weighted by Gasteiger charge is -2.26. The molecule has 1 fully saturated rings. The summed E-state index contributed by atoms with van der Waals surface area (Å²) in [6.07, 6.45) is 1.44. The lowest BCUT2D eigenvalue weighted by molar-refractivity contribution is -0.122. The fraction of sp³-hybridized carbons (Fsp3) is 0.0870. The minimum atomic E-state index is -0.814. The molecule has 0 unspecified atom stereocenters. The molecule has 1 saturated heterocycles. The monoisotopic (exact) mass is 515 g/mol. The zero-order chi connectivity index (χ0) is 23.2. The standard InChI is InChI=1S/C23H16BrClFN3O3/c1-12-9-14(13(2)28(12)17-7-8-20(26)19(25)11-17)10-18-21(30)27-23(32)29(22(18)31)16-5-3-15(24)4-6-16/h3-11H,1-2H3,(H,27,30,32)/b18-10+. The normalized spacial score (nSPS) is 15.5. The Labute approximate surface area is 196 Å². The molecule has 0 atom stereocenters. The van der Waals surface area contributed by atoms with Crippen LogP contribution < -0.4 is 10.2 Å². The third kappa shape index (κ3) is 3.87. The molecule has 2 heterocycles.